The molecule has 1 aromatic heterocycles. The van der Waals surface area contributed by atoms with Crippen molar-refractivity contribution in [1.82, 2.24) is 15.6 Å². The number of benzene rings is 2. The van der Waals surface area contributed by atoms with Crippen LogP contribution >= 0.6 is 24.0 Å². The van der Waals surface area contributed by atoms with E-state index >= 15 is 0 Å². The molecule has 0 atom stereocenters. The molecular formula is C22H30IN5O. The van der Waals surface area contributed by atoms with Crippen molar-refractivity contribution in [3.63, 3.8) is 0 Å². The van der Waals surface area contributed by atoms with E-state index in [4.69, 9.17) is 4.74 Å². The number of rotatable bonds is 9. The first-order chi connectivity index (χ1) is 13.8. The summed E-state index contributed by atoms with van der Waals surface area (Å²) in [5.41, 5.74) is 4.80. The highest BCUT2D eigenvalue weighted by molar-refractivity contribution is 14.0. The number of para-hydroxylation sites is 1. The molecule has 0 saturated carbocycles. The first-order valence-electron chi connectivity index (χ1n) is 9.61. The molecule has 6 nitrogen and oxygen atoms in total. The zero-order chi connectivity index (χ0) is 19.6. The average molecular weight is 507 g/mol. The van der Waals surface area contributed by atoms with Crippen molar-refractivity contribution in [2.75, 3.05) is 39.2 Å². The van der Waals surface area contributed by atoms with Crippen LogP contribution in [0.1, 0.15) is 11.1 Å². The number of hydrogen-bond acceptors (Lipinski definition) is 3. The van der Waals surface area contributed by atoms with Crippen LogP contribution < -0.4 is 16.0 Å². The second-order valence-corrected chi connectivity index (χ2v) is 6.58. The third-order valence-electron chi connectivity index (χ3n) is 4.63. The van der Waals surface area contributed by atoms with Crippen molar-refractivity contribution in [1.29, 1.82) is 0 Å². The molecule has 7 heteroatoms. The van der Waals surface area contributed by atoms with Crippen molar-refractivity contribution in [3.05, 3.63) is 65.9 Å². The number of halogens is 1. The van der Waals surface area contributed by atoms with Gasteiger partial charge in [-0.1, -0.05) is 30.3 Å². The molecule has 3 aromatic rings. The summed E-state index contributed by atoms with van der Waals surface area (Å²) in [5, 5.41) is 11.4. The highest BCUT2D eigenvalue weighted by atomic mass is 127. The van der Waals surface area contributed by atoms with Crippen LogP contribution in [0.5, 0.6) is 0 Å². The number of H-pyrrole nitrogens is 1. The van der Waals surface area contributed by atoms with Gasteiger partial charge in [0.25, 0.3) is 0 Å². The minimum absolute atomic E-state index is 0. The Morgan fingerprint density at radius 3 is 2.59 bits per heavy atom. The first kappa shape index (κ1) is 23.0. The summed E-state index contributed by atoms with van der Waals surface area (Å²) >= 11 is 0. The number of methoxy groups -OCH3 is 1. The minimum atomic E-state index is 0. The molecule has 0 radical (unpaired) electrons. The molecule has 156 valence electrons. The third kappa shape index (κ3) is 6.93. The van der Waals surface area contributed by atoms with E-state index in [0.717, 1.165) is 37.7 Å². The van der Waals surface area contributed by atoms with Crippen molar-refractivity contribution in [2.45, 2.75) is 13.0 Å². The van der Waals surface area contributed by atoms with E-state index in [2.05, 4.69) is 80.7 Å². The zero-order valence-electron chi connectivity index (χ0n) is 17.0. The lowest BCUT2D eigenvalue weighted by Crippen LogP contribution is -2.37. The second kappa shape index (κ2) is 12.3. The largest absolute Gasteiger partial charge is 0.383 e. The van der Waals surface area contributed by atoms with Crippen LogP contribution in [-0.4, -0.2) is 44.8 Å². The Morgan fingerprint density at radius 2 is 1.83 bits per heavy atom. The van der Waals surface area contributed by atoms with Crippen LogP contribution in [-0.2, 0) is 17.7 Å². The van der Waals surface area contributed by atoms with E-state index in [0.29, 0.717) is 6.61 Å². The standard InChI is InChI=1S/C22H29N5O.HI/c1-23-22(25-12-11-18-16-26-21-6-4-3-5-20(18)21)27-15-17-7-9-19(10-8-17)24-13-14-28-2;/h3-10,16,24,26H,11-15H2,1-2H3,(H2,23,25,27);1H. The van der Waals surface area contributed by atoms with Gasteiger partial charge in [-0.3, -0.25) is 4.99 Å². The maximum absolute atomic E-state index is 5.05. The van der Waals surface area contributed by atoms with Gasteiger partial charge in [-0.15, -0.1) is 24.0 Å². The predicted octanol–water partition coefficient (Wildman–Crippen LogP) is 3.75. The van der Waals surface area contributed by atoms with Gasteiger partial charge in [-0.05, 0) is 35.7 Å². The smallest absolute Gasteiger partial charge is 0.191 e. The van der Waals surface area contributed by atoms with Crippen LogP contribution in [0.15, 0.2) is 59.7 Å². The van der Waals surface area contributed by atoms with Crippen LogP contribution in [0.2, 0.25) is 0 Å². The molecule has 3 rings (SSSR count). The molecule has 0 unspecified atom stereocenters. The van der Waals surface area contributed by atoms with Gasteiger partial charge in [0.1, 0.15) is 0 Å². The SMILES string of the molecule is CN=C(NCCc1c[nH]c2ccccc12)NCc1ccc(NCCOC)cc1.I. The molecule has 2 aromatic carbocycles. The average Bonchev–Trinajstić information content (AvgIpc) is 3.15. The molecule has 0 amide bonds. The molecule has 0 bridgehead atoms. The number of aromatic amines is 1. The molecule has 0 spiro atoms. The Bertz CT molecular complexity index is 892. The number of aromatic nitrogens is 1. The van der Waals surface area contributed by atoms with Gasteiger partial charge in [0.15, 0.2) is 5.96 Å². The number of aliphatic imine (C=N–C) groups is 1. The van der Waals surface area contributed by atoms with Gasteiger partial charge < -0.3 is 25.7 Å². The number of guanidine groups is 1. The van der Waals surface area contributed by atoms with Crippen LogP contribution in [0, 0.1) is 0 Å². The highest BCUT2D eigenvalue weighted by Crippen LogP contribution is 2.17. The lowest BCUT2D eigenvalue weighted by atomic mass is 10.1. The molecule has 0 fully saturated rings. The quantitative estimate of drug-likeness (QED) is 0.154. The predicted molar refractivity (Wildman–Crippen MR) is 132 cm³/mol. The summed E-state index contributed by atoms with van der Waals surface area (Å²) < 4.78 is 5.05. The Labute approximate surface area is 189 Å². The summed E-state index contributed by atoms with van der Waals surface area (Å²) in [6, 6.07) is 16.8. The molecule has 0 aliphatic carbocycles. The van der Waals surface area contributed by atoms with Gasteiger partial charge >= 0.3 is 0 Å². The summed E-state index contributed by atoms with van der Waals surface area (Å²) in [6.45, 7) is 3.06. The van der Waals surface area contributed by atoms with E-state index in [9.17, 15) is 0 Å². The fourth-order valence-corrected chi connectivity index (χ4v) is 3.10. The lowest BCUT2D eigenvalue weighted by Gasteiger charge is -2.12. The van der Waals surface area contributed by atoms with Gasteiger partial charge in [-0.25, -0.2) is 0 Å². The van der Waals surface area contributed by atoms with Crippen LogP contribution in [0.25, 0.3) is 10.9 Å². The maximum atomic E-state index is 5.05. The topological polar surface area (TPSA) is 73.5 Å². The number of nitrogens with zero attached hydrogens (tertiary/aromatic N) is 1. The van der Waals surface area contributed by atoms with E-state index in [1.165, 1.54) is 22.0 Å². The molecule has 29 heavy (non-hydrogen) atoms. The van der Waals surface area contributed by atoms with Crippen molar-refractivity contribution >= 4 is 46.5 Å². The summed E-state index contributed by atoms with van der Waals surface area (Å²) in [6.07, 6.45) is 3.03. The Hall–Kier alpha value is -2.26. The van der Waals surface area contributed by atoms with Crippen molar-refractivity contribution in [3.8, 4) is 0 Å². The third-order valence-corrected chi connectivity index (χ3v) is 4.63. The van der Waals surface area contributed by atoms with E-state index < -0.39 is 0 Å². The highest BCUT2D eigenvalue weighted by Gasteiger charge is 2.04. The summed E-state index contributed by atoms with van der Waals surface area (Å²) in [7, 11) is 3.50. The van der Waals surface area contributed by atoms with Crippen molar-refractivity contribution < 1.29 is 4.74 Å². The summed E-state index contributed by atoms with van der Waals surface area (Å²) in [4.78, 5) is 7.63. The number of nitrogens with one attached hydrogen (secondary N) is 4. The van der Waals surface area contributed by atoms with E-state index in [1.54, 1.807) is 14.2 Å². The van der Waals surface area contributed by atoms with Crippen molar-refractivity contribution in [2.24, 2.45) is 4.99 Å². The number of anilines is 1. The first-order valence-corrected chi connectivity index (χ1v) is 9.61. The summed E-state index contributed by atoms with van der Waals surface area (Å²) in [5.74, 6) is 0.808. The minimum Gasteiger partial charge on any atom is -0.383 e. The monoisotopic (exact) mass is 507 g/mol. The normalized spacial score (nSPS) is 11.2. The molecule has 0 aliphatic rings. The molecule has 0 aliphatic heterocycles. The molecule has 0 saturated heterocycles. The fourth-order valence-electron chi connectivity index (χ4n) is 3.10. The fraction of sp³-hybridized carbons (Fsp3) is 0.318. The van der Waals surface area contributed by atoms with Gasteiger partial charge in [-0.2, -0.15) is 0 Å². The Kier molecular flexibility index (Phi) is 9.79. The number of ether oxygens (including phenoxy) is 1. The lowest BCUT2D eigenvalue weighted by molar-refractivity contribution is 0.211. The molecule has 4 N–H and O–H groups in total. The molecular weight excluding hydrogens is 477 g/mol. The van der Waals surface area contributed by atoms with Gasteiger partial charge in [0.2, 0.25) is 0 Å². The number of hydrogen-bond donors (Lipinski definition) is 4. The van der Waals surface area contributed by atoms with E-state index in [-0.39, 0.29) is 24.0 Å². The Morgan fingerprint density at radius 1 is 1.03 bits per heavy atom. The van der Waals surface area contributed by atoms with Gasteiger partial charge in [0, 0.05) is 56.6 Å². The van der Waals surface area contributed by atoms with Gasteiger partial charge in [0.05, 0.1) is 6.61 Å². The second-order valence-electron chi connectivity index (χ2n) is 6.58. The van der Waals surface area contributed by atoms with E-state index in [1.807, 2.05) is 0 Å². The number of fused-ring (bicyclic) bond motifs is 1. The Balaban J connectivity index is 0.00000300. The van der Waals surface area contributed by atoms with Crippen LogP contribution in [0.3, 0.4) is 0 Å². The zero-order valence-corrected chi connectivity index (χ0v) is 19.3. The van der Waals surface area contributed by atoms with Crippen LogP contribution in [0.4, 0.5) is 5.69 Å². The maximum Gasteiger partial charge on any atom is 0.191 e. The molecule has 1 heterocycles.